The van der Waals surface area contributed by atoms with Gasteiger partial charge in [0.2, 0.25) is 0 Å². The SMILES string of the molecule is CCC(I)N1C(=O)c2ccccc2C1=O. The van der Waals surface area contributed by atoms with Gasteiger partial charge < -0.3 is 0 Å². The number of hydrogen-bond acceptors (Lipinski definition) is 2. The fourth-order valence-electron chi connectivity index (χ4n) is 1.64. The van der Waals surface area contributed by atoms with Gasteiger partial charge in [0.1, 0.15) is 0 Å². The Bertz CT molecular complexity index is 395. The van der Waals surface area contributed by atoms with Crippen molar-refractivity contribution in [1.29, 1.82) is 0 Å². The third-order valence-corrected chi connectivity index (χ3v) is 3.88. The molecule has 0 N–H and O–H groups in total. The first-order chi connectivity index (χ1) is 7.16. The van der Waals surface area contributed by atoms with Crippen LogP contribution in [0.3, 0.4) is 0 Å². The fourth-order valence-corrected chi connectivity index (χ4v) is 2.15. The second-order valence-corrected chi connectivity index (χ2v) is 4.81. The van der Waals surface area contributed by atoms with Gasteiger partial charge in [-0.05, 0) is 18.6 Å². The van der Waals surface area contributed by atoms with Gasteiger partial charge in [-0.15, -0.1) is 0 Å². The van der Waals surface area contributed by atoms with Gasteiger partial charge in [-0.1, -0.05) is 41.6 Å². The number of alkyl halides is 1. The molecule has 15 heavy (non-hydrogen) atoms. The van der Waals surface area contributed by atoms with Crippen molar-refractivity contribution < 1.29 is 9.59 Å². The first-order valence-corrected chi connectivity index (χ1v) is 6.02. The molecule has 0 saturated heterocycles. The minimum Gasteiger partial charge on any atom is -0.269 e. The van der Waals surface area contributed by atoms with E-state index in [-0.39, 0.29) is 15.9 Å². The molecule has 0 aromatic heterocycles. The quantitative estimate of drug-likeness (QED) is 0.364. The van der Waals surface area contributed by atoms with E-state index in [1.54, 1.807) is 24.3 Å². The van der Waals surface area contributed by atoms with Crippen LogP contribution in [-0.2, 0) is 0 Å². The predicted octanol–water partition coefficient (Wildman–Crippen LogP) is 2.45. The molecule has 0 bridgehead atoms. The normalized spacial score (nSPS) is 16.8. The summed E-state index contributed by atoms with van der Waals surface area (Å²) in [6.07, 6.45) is 0.770. The summed E-state index contributed by atoms with van der Waals surface area (Å²) in [7, 11) is 0. The molecule has 1 unspecified atom stereocenters. The highest BCUT2D eigenvalue weighted by Crippen LogP contribution is 2.27. The Balaban J connectivity index is 2.45. The molecule has 2 amide bonds. The molecule has 0 spiro atoms. The van der Waals surface area contributed by atoms with Gasteiger partial charge in [0.15, 0.2) is 0 Å². The summed E-state index contributed by atoms with van der Waals surface area (Å²) in [6.45, 7) is 1.96. The van der Waals surface area contributed by atoms with Crippen molar-refractivity contribution in [2.24, 2.45) is 0 Å². The van der Waals surface area contributed by atoms with Crippen LogP contribution in [0, 0.1) is 0 Å². The zero-order valence-corrected chi connectivity index (χ0v) is 10.4. The van der Waals surface area contributed by atoms with Crippen molar-refractivity contribution in [1.82, 2.24) is 4.90 Å². The summed E-state index contributed by atoms with van der Waals surface area (Å²) in [5, 5.41) is 0. The molecule has 2 rings (SSSR count). The van der Waals surface area contributed by atoms with Gasteiger partial charge in [0, 0.05) is 0 Å². The number of imide groups is 1. The molecule has 1 aromatic rings. The fraction of sp³-hybridized carbons (Fsp3) is 0.273. The van der Waals surface area contributed by atoms with Gasteiger partial charge in [-0.3, -0.25) is 14.5 Å². The topological polar surface area (TPSA) is 37.4 Å². The lowest BCUT2D eigenvalue weighted by Crippen LogP contribution is -2.35. The zero-order valence-electron chi connectivity index (χ0n) is 8.24. The number of carbonyl (C=O) groups excluding carboxylic acids is 2. The second-order valence-electron chi connectivity index (χ2n) is 3.37. The monoisotopic (exact) mass is 315 g/mol. The zero-order chi connectivity index (χ0) is 11.0. The van der Waals surface area contributed by atoms with Gasteiger partial charge in [-0.25, -0.2) is 0 Å². The Morgan fingerprint density at radius 2 is 1.67 bits per heavy atom. The Kier molecular flexibility index (Phi) is 2.77. The summed E-state index contributed by atoms with van der Waals surface area (Å²) >= 11 is 2.12. The molecule has 0 aliphatic carbocycles. The molecule has 1 aliphatic rings. The van der Waals surface area contributed by atoms with Gasteiger partial charge >= 0.3 is 0 Å². The molecule has 1 heterocycles. The molecular weight excluding hydrogens is 305 g/mol. The van der Waals surface area contributed by atoms with Crippen LogP contribution in [0.5, 0.6) is 0 Å². The first-order valence-electron chi connectivity index (χ1n) is 4.77. The van der Waals surface area contributed by atoms with Crippen LogP contribution in [0.4, 0.5) is 0 Å². The lowest BCUT2D eigenvalue weighted by Gasteiger charge is -2.18. The Hall–Kier alpha value is -0.910. The molecule has 1 atom stereocenters. The number of rotatable bonds is 2. The summed E-state index contributed by atoms with van der Waals surface area (Å²) in [5.41, 5.74) is 1.05. The predicted molar refractivity (Wildman–Crippen MR) is 65.0 cm³/mol. The van der Waals surface area contributed by atoms with Crippen LogP contribution in [0.25, 0.3) is 0 Å². The van der Waals surface area contributed by atoms with E-state index in [0.29, 0.717) is 11.1 Å². The van der Waals surface area contributed by atoms with E-state index in [1.165, 1.54) is 4.90 Å². The Labute approximate surface area is 102 Å². The smallest absolute Gasteiger partial charge is 0.262 e. The molecule has 3 nitrogen and oxygen atoms in total. The van der Waals surface area contributed by atoms with E-state index >= 15 is 0 Å². The highest BCUT2D eigenvalue weighted by Gasteiger charge is 2.37. The molecule has 0 saturated carbocycles. The van der Waals surface area contributed by atoms with Crippen LogP contribution < -0.4 is 0 Å². The van der Waals surface area contributed by atoms with E-state index in [1.807, 2.05) is 6.92 Å². The molecule has 1 aromatic carbocycles. The van der Waals surface area contributed by atoms with E-state index in [9.17, 15) is 9.59 Å². The lowest BCUT2D eigenvalue weighted by atomic mass is 10.1. The third-order valence-electron chi connectivity index (χ3n) is 2.44. The summed E-state index contributed by atoms with van der Waals surface area (Å²) in [6, 6.07) is 6.96. The number of fused-ring (bicyclic) bond motifs is 1. The van der Waals surface area contributed by atoms with Gasteiger partial charge in [-0.2, -0.15) is 0 Å². The molecule has 0 radical (unpaired) electrons. The van der Waals surface area contributed by atoms with E-state index in [4.69, 9.17) is 0 Å². The molecule has 4 heteroatoms. The van der Waals surface area contributed by atoms with Crippen molar-refractivity contribution in [2.45, 2.75) is 17.4 Å². The van der Waals surface area contributed by atoms with Gasteiger partial charge in [0.25, 0.3) is 11.8 Å². The van der Waals surface area contributed by atoms with Crippen LogP contribution in [-0.4, -0.2) is 20.8 Å². The number of carbonyl (C=O) groups is 2. The highest BCUT2D eigenvalue weighted by molar-refractivity contribution is 14.1. The summed E-state index contributed by atoms with van der Waals surface area (Å²) in [4.78, 5) is 25.2. The average molecular weight is 315 g/mol. The van der Waals surface area contributed by atoms with Crippen LogP contribution in [0.2, 0.25) is 0 Å². The number of benzene rings is 1. The van der Waals surface area contributed by atoms with Crippen molar-refractivity contribution in [3.05, 3.63) is 35.4 Å². The maximum atomic E-state index is 11.9. The third kappa shape index (κ3) is 1.56. The molecule has 78 valence electrons. The van der Waals surface area contributed by atoms with Crippen molar-refractivity contribution in [2.75, 3.05) is 0 Å². The van der Waals surface area contributed by atoms with E-state index in [2.05, 4.69) is 22.6 Å². The summed E-state index contributed by atoms with van der Waals surface area (Å²) < 4.78 is -0.0602. The maximum absolute atomic E-state index is 11.9. The molecular formula is C11H10INO2. The van der Waals surface area contributed by atoms with Crippen molar-refractivity contribution >= 4 is 34.4 Å². The maximum Gasteiger partial charge on any atom is 0.262 e. The van der Waals surface area contributed by atoms with Gasteiger partial charge in [0.05, 0.1) is 15.2 Å². The lowest BCUT2D eigenvalue weighted by molar-refractivity contribution is 0.0644. The second kappa shape index (κ2) is 3.92. The minimum absolute atomic E-state index is 0.0602. The number of hydrogen-bond donors (Lipinski definition) is 0. The van der Waals surface area contributed by atoms with Crippen molar-refractivity contribution in [3.63, 3.8) is 0 Å². The van der Waals surface area contributed by atoms with Crippen LogP contribution in [0.15, 0.2) is 24.3 Å². The van der Waals surface area contributed by atoms with Crippen molar-refractivity contribution in [3.8, 4) is 0 Å². The standard InChI is InChI=1S/C11H10INO2/c1-2-9(12)13-10(14)7-5-3-4-6-8(7)11(13)15/h3-6,9H,2H2,1H3. The number of amides is 2. The Morgan fingerprint density at radius 3 is 2.07 bits per heavy atom. The highest BCUT2D eigenvalue weighted by atomic mass is 127. The molecule has 0 fully saturated rings. The number of halogens is 1. The summed E-state index contributed by atoms with van der Waals surface area (Å²) in [5.74, 6) is -0.339. The van der Waals surface area contributed by atoms with E-state index < -0.39 is 0 Å². The Morgan fingerprint density at radius 1 is 1.20 bits per heavy atom. The largest absolute Gasteiger partial charge is 0.269 e. The van der Waals surface area contributed by atoms with Crippen LogP contribution >= 0.6 is 22.6 Å². The minimum atomic E-state index is -0.170. The van der Waals surface area contributed by atoms with E-state index in [0.717, 1.165) is 6.42 Å². The first kappa shape index (κ1) is 10.6. The average Bonchev–Trinajstić information content (AvgIpc) is 2.52. The molecule has 1 aliphatic heterocycles. The van der Waals surface area contributed by atoms with Crippen LogP contribution in [0.1, 0.15) is 34.1 Å². The number of nitrogens with zero attached hydrogens (tertiary/aromatic N) is 1.